The molecular formula is C8H11NOS. The molecule has 0 aromatic carbocycles. The van der Waals surface area contributed by atoms with Crippen LogP contribution in [0.15, 0.2) is 0 Å². The first-order chi connectivity index (χ1) is 5.15. The number of hydrogen-bond acceptors (Lipinski definition) is 3. The topological polar surface area (TPSA) is 30.0 Å². The molecule has 0 aliphatic rings. The van der Waals surface area contributed by atoms with Crippen LogP contribution in [0.1, 0.15) is 33.7 Å². The van der Waals surface area contributed by atoms with Crippen molar-refractivity contribution in [1.82, 2.24) is 4.98 Å². The summed E-state index contributed by atoms with van der Waals surface area (Å²) >= 11 is 1.49. The predicted octanol–water partition coefficient (Wildman–Crippen LogP) is 2.35. The molecule has 0 spiro atoms. The molecule has 1 rings (SSSR count). The molecule has 0 aliphatic carbocycles. The minimum atomic E-state index is 0.202. The van der Waals surface area contributed by atoms with Crippen molar-refractivity contribution in [3.8, 4) is 0 Å². The molecular weight excluding hydrogens is 158 g/mol. The first-order valence-corrected chi connectivity index (χ1v) is 4.44. The highest BCUT2D eigenvalue weighted by molar-refractivity contribution is 7.13. The summed E-state index contributed by atoms with van der Waals surface area (Å²) in [7, 11) is 0. The molecule has 2 nitrogen and oxygen atoms in total. The third-order valence-corrected chi connectivity index (χ3v) is 2.59. The van der Waals surface area contributed by atoms with Crippen LogP contribution in [0.4, 0.5) is 0 Å². The Kier molecular flexibility index (Phi) is 2.39. The van der Waals surface area contributed by atoms with Crippen molar-refractivity contribution in [3.63, 3.8) is 0 Å². The van der Waals surface area contributed by atoms with Gasteiger partial charge in [-0.2, -0.15) is 0 Å². The smallest absolute Gasteiger partial charge is 0.174 e. The van der Waals surface area contributed by atoms with Crippen molar-refractivity contribution in [1.29, 1.82) is 0 Å². The van der Waals surface area contributed by atoms with Gasteiger partial charge in [0.05, 0.1) is 15.6 Å². The van der Waals surface area contributed by atoms with Crippen molar-refractivity contribution in [2.45, 2.75) is 27.2 Å². The maximum absolute atomic E-state index is 11.2. The second kappa shape index (κ2) is 3.13. The second-order valence-corrected chi connectivity index (χ2v) is 3.63. The van der Waals surface area contributed by atoms with Gasteiger partial charge < -0.3 is 0 Å². The summed E-state index contributed by atoms with van der Waals surface area (Å²) in [6.45, 7) is 5.67. The molecule has 0 radical (unpaired) electrons. The van der Waals surface area contributed by atoms with Crippen LogP contribution in [0.25, 0.3) is 0 Å². The van der Waals surface area contributed by atoms with E-state index in [4.69, 9.17) is 0 Å². The van der Waals surface area contributed by atoms with Crippen LogP contribution in [0, 0.1) is 13.8 Å². The Morgan fingerprint density at radius 3 is 2.55 bits per heavy atom. The lowest BCUT2D eigenvalue weighted by molar-refractivity contribution is 0.0991. The van der Waals surface area contributed by atoms with Crippen molar-refractivity contribution in [3.05, 3.63) is 15.6 Å². The number of carbonyl (C=O) groups excluding carboxylic acids is 1. The zero-order chi connectivity index (χ0) is 8.43. The van der Waals surface area contributed by atoms with Gasteiger partial charge in [0.2, 0.25) is 0 Å². The van der Waals surface area contributed by atoms with Crippen LogP contribution in [0.5, 0.6) is 0 Å². The lowest BCUT2D eigenvalue weighted by atomic mass is 10.2. The van der Waals surface area contributed by atoms with E-state index < -0.39 is 0 Å². The van der Waals surface area contributed by atoms with E-state index in [1.807, 2.05) is 20.8 Å². The molecule has 0 saturated heterocycles. The van der Waals surface area contributed by atoms with Gasteiger partial charge in [-0.05, 0) is 13.8 Å². The Hall–Kier alpha value is -0.700. The average Bonchev–Trinajstić information content (AvgIpc) is 2.28. The average molecular weight is 169 g/mol. The molecule has 0 fully saturated rings. The molecule has 0 bridgehead atoms. The van der Waals surface area contributed by atoms with Crippen molar-refractivity contribution < 1.29 is 4.79 Å². The number of aromatic nitrogens is 1. The third kappa shape index (κ3) is 1.66. The lowest BCUT2D eigenvalue weighted by Crippen LogP contribution is -1.94. The second-order valence-electron chi connectivity index (χ2n) is 2.42. The molecule has 0 amide bonds. The summed E-state index contributed by atoms with van der Waals surface area (Å²) in [6, 6.07) is 0. The summed E-state index contributed by atoms with van der Waals surface area (Å²) in [6.07, 6.45) is 0.572. The Labute approximate surface area is 70.3 Å². The summed E-state index contributed by atoms with van der Waals surface area (Å²) in [5.74, 6) is 0.202. The standard InChI is InChI=1S/C8H11NOS/c1-4-7(10)8-5(2)9-6(3)11-8/h4H2,1-3H3. The van der Waals surface area contributed by atoms with E-state index in [0.29, 0.717) is 6.42 Å². The first-order valence-electron chi connectivity index (χ1n) is 3.62. The fraction of sp³-hybridized carbons (Fsp3) is 0.500. The molecule has 0 N–H and O–H groups in total. The van der Waals surface area contributed by atoms with E-state index in [-0.39, 0.29) is 5.78 Å². The van der Waals surface area contributed by atoms with Crippen LogP contribution in [0.2, 0.25) is 0 Å². The number of carbonyl (C=O) groups is 1. The fourth-order valence-electron chi connectivity index (χ4n) is 0.951. The number of Topliss-reactive ketones (excluding diaryl/α,β-unsaturated/α-hetero) is 1. The lowest BCUT2D eigenvalue weighted by Gasteiger charge is -1.90. The zero-order valence-corrected chi connectivity index (χ0v) is 7.79. The highest BCUT2D eigenvalue weighted by Crippen LogP contribution is 2.18. The molecule has 0 unspecified atom stereocenters. The number of thiazole rings is 1. The zero-order valence-electron chi connectivity index (χ0n) is 6.97. The quantitative estimate of drug-likeness (QED) is 0.636. The van der Waals surface area contributed by atoms with E-state index in [2.05, 4.69) is 4.98 Å². The van der Waals surface area contributed by atoms with Gasteiger partial charge in [0.1, 0.15) is 0 Å². The van der Waals surface area contributed by atoms with Gasteiger partial charge in [-0.25, -0.2) is 4.98 Å². The maximum Gasteiger partial charge on any atom is 0.174 e. The molecule has 0 atom stereocenters. The molecule has 1 heterocycles. The van der Waals surface area contributed by atoms with Gasteiger partial charge in [0.25, 0.3) is 0 Å². The van der Waals surface area contributed by atoms with Crippen LogP contribution >= 0.6 is 11.3 Å². The Morgan fingerprint density at radius 1 is 1.55 bits per heavy atom. The summed E-state index contributed by atoms with van der Waals surface area (Å²) < 4.78 is 0. The first kappa shape index (κ1) is 8.40. The van der Waals surface area contributed by atoms with Gasteiger partial charge in [0, 0.05) is 6.42 Å². The van der Waals surface area contributed by atoms with E-state index in [1.165, 1.54) is 11.3 Å². The van der Waals surface area contributed by atoms with Gasteiger partial charge in [-0.15, -0.1) is 11.3 Å². The van der Waals surface area contributed by atoms with Crippen LogP contribution in [0.3, 0.4) is 0 Å². The highest BCUT2D eigenvalue weighted by atomic mass is 32.1. The van der Waals surface area contributed by atoms with E-state index in [1.54, 1.807) is 0 Å². The number of ketones is 1. The minimum absolute atomic E-state index is 0.202. The van der Waals surface area contributed by atoms with Crippen molar-refractivity contribution in [2.24, 2.45) is 0 Å². The monoisotopic (exact) mass is 169 g/mol. The van der Waals surface area contributed by atoms with Crippen molar-refractivity contribution >= 4 is 17.1 Å². The predicted molar refractivity (Wildman–Crippen MR) is 46.2 cm³/mol. The van der Waals surface area contributed by atoms with Crippen LogP contribution < -0.4 is 0 Å². The van der Waals surface area contributed by atoms with Crippen LogP contribution in [-0.4, -0.2) is 10.8 Å². The molecule has 3 heteroatoms. The number of hydrogen-bond donors (Lipinski definition) is 0. The minimum Gasteiger partial charge on any atom is -0.293 e. The van der Waals surface area contributed by atoms with Gasteiger partial charge in [-0.3, -0.25) is 4.79 Å². The maximum atomic E-state index is 11.2. The SMILES string of the molecule is CCC(=O)c1sc(C)nc1C. The Balaban J connectivity index is 3.03. The molecule has 60 valence electrons. The third-order valence-electron chi connectivity index (χ3n) is 1.48. The molecule has 0 saturated carbocycles. The van der Waals surface area contributed by atoms with E-state index in [0.717, 1.165) is 15.6 Å². The van der Waals surface area contributed by atoms with E-state index >= 15 is 0 Å². The van der Waals surface area contributed by atoms with Gasteiger partial charge >= 0.3 is 0 Å². The highest BCUT2D eigenvalue weighted by Gasteiger charge is 2.10. The molecule has 1 aromatic heterocycles. The Morgan fingerprint density at radius 2 is 2.18 bits per heavy atom. The van der Waals surface area contributed by atoms with Crippen LogP contribution in [-0.2, 0) is 0 Å². The molecule has 1 aromatic rings. The normalized spacial score (nSPS) is 10.1. The molecule has 11 heavy (non-hydrogen) atoms. The Bertz CT molecular complexity index is 278. The summed E-state index contributed by atoms with van der Waals surface area (Å²) in [5, 5.41) is 0.972. The number of nitrogens with zero attached hydrogens (tertiary/aromatic N) is 1. The number of rotatable bonds is 2. The summed E-state index contributed by atoms with van der Waals surface area (Å²) in [4.78, 5) is 16.2. The number of aryl methyl sites for hydroxylation is 2. The fourth-order valence-corrected chi connectivity index (χ4v) is 1.88. The molecule has 0 aliphatic heterocycles. The van der Waals surface area contributed by atoms with Gasteiger partial charge in [-0.1, -0.05) is 6.92 Å². The van der Waals surface area contributed by atoms with Crippen molar-refractivity contribution in [2.75, 3.05) is 0 Å². The van der Waals surface area contributed by atoms with E-state index in [9.17, 15) is 4.79 Å². The largest absolute Gasteiger partial charge is 0.293 e. The summed E-state index contributed by atoms with van der Waals surface area (Å²) in [5.41, 5.74) is 0.874. The van der Waals surface area contributed by atoms with Gasteiger partial charge in [0.15, 0.2) is 5.78 Å².